The summed E-state index contributed by atoms with van der Waals surface area (Å²) in [7, 11) is 0. The van der Waals surface area contributed by atoms with Gasteiger partial charge in [0, 0.05) is 136 Å². The Balaban J connectivity index is 0. The molecule has 4 heteroatoms. The Bertz CT molecular complexity index is 3.25. The van der Waals surface area contributed by atoms with Gasteiger partial charge in [-0.05, 0) is 0 Å². The van der Waals surface area contributed by atoms with Crippen molar-refractivity contribution in [1.29, 1.82) is 0 Å². The van der Waals surface area contributed by atoms with Gasteiger partial charge < -0.3 is 0 Å². The summed E-state index contributed by atoms with van der Waals surface area (Å²) >= 11 is 0. The predicted octanol–water partition coefficient (Wildman–Crippen LogP) is -1.14. The molecule has 7 radical (unpaired) electrons. The smallest absolute Gasteiger partial charge is 0 e. The van der Waals surface area contributed by atoms with E-state index >= 15 is 0 Å². The fourth-order valence-electron chi connectivity index (χ4n) is 0. The zero-order valence-corrected chi connectivity index (χ0v) is 11.2. The molecule has 0 saturated carbocycles. The number of hydrogen-bond acceptors (Lipinski definition) is 0. The Kier molecular flexibility index (Phi) is 92.3. The van der Waals surface area contributed by atoms with Gasteiger partial charge in [-0.1, -0.05) is 0 Å². The van der Waals surface area contributed by atoms with E-state index in [2.05, 4.69) is 0 Å². The van der Waals surface area contributed by atoms with E-state index in [1.54, 1.807) is 0 Å². The Hall–Kier alpha value is 4.52. The standard InChI is InChI=1S/Au.3Ca. The van der Waals surface area contributed by atoms with E-state index in [9.17, 15) is 0 Å². The van der Waals surface area contributed by atoms with Crippen molar-refractivity contribution < 1.29 is 22.4 Å². The van der Waals surface area contributed by atoms with Crippen LogP contribution in [-0.2, 0) is 22.4 Å². The van der Waals surface area contributed by atoms with Crippen molar-refractivity contribution in [1.82, 2.24) is 0 Å². The zero-order chi connectivity index (χ0) is 0. The van der Waals surface area contributed by atoms with Crippen LogP contribution in [0.2, 0.25) is 0 Å². The Morgan fingerprint density at radius 1 is 0.500 bits per heavy atom. The largest absolute Gasteiger partial charge is 0 e. The molecule has 0 amide bonds. The van der Waals surface area contributed by atoms with Crippen LogP contribution in [0.15, 0.2) is 0 Å². The topological polar surface area (TPSA) is 0 Å². The van der Waals surface area contributed by atoms with E-state index in [1.165, 1.54) is 0 Å². The van der Waals surface area contributed by atoms with Crippen LogP contribution >= 0.6 is 0 Å². The first kappa shape index (κ1) is 23.6. The maximum Gasteiger partial charge on any atom is 0 e. The van der Waals surface area contributed by atoms with E-state index in [0.717, 1.165) is 0 Å². The Morgan fingerprint density at radius 2 is 0.500 bits per heavy atom. The summed E-state index contributed by atoms with van der Waals surface area (Å²) in [5.41, 5.74) is 0. The van der Waals surface area contributed by atoms with Crippen LogP contribution in [0.1, 0.15) is 0 Å². The monoisotopic (exact) mass is 317 g/mol. The molecule has 0 aliphatic rings. The summed E-state index contributed by atoms with van der Waals surface area (Å²) in [6.07, 6.45) is 0. The van der Waals surface area contributed by atoms with Gasteiger partial charge >= 0.3 is 0 Å². The summed E-state index contributed by atoms with van der Waals surface area (Å²) < 4.78 is 0. The van der Waals surface area contributed by atoms with Gasteiger partial charge in [-0.2, -0.15) is 0 Å². The minimum atomic E-state index is 0. The molecule has 0 unspecified atom stereocenters. The molecule has 0 N–H and O–H groups in total. The molecule has 0 bridgehead atoms. The molecule has 0 aliphatic heterocycles. The second-order valence-electron chi connectivity index (χ2n) is 0. The van der Waals surface area contributed by atoms with Gasteiger partial charge in [0.2, 0.25) is 0 Å². The van der Waals surface area contributed by atoms with Gasteiger partial charge in [0.25, 0.3) is 0 Å². The molecule has 0 aromatic carbocycles. The van der Waals surface area contributed by atoms with Crippen LogP contribution in [0.4, 0.5) is 0 Å². The average Bonchev–Trinajstić information content (AvgIpc) is 0. The minimum absolute atomic E-state index is 0. The van der Waals surface area contributed by atoms with Crippen molar-refractivity contribution >= 4 is 113 Å². The number of hydrogen-bond donors (Lipinski definition) is 0. The molecule has 0 aromatic heterocycles. The Labute approximate surface area is 131 Å². The quantitative estimate of drug-likeness (QED) is 0.495. The van der Waals surface area contributed by atoms with Crippen LogP contribution in [0.25, 0.3) is 0 Å². The molecule has 0 nitrogen and oxygen atoms in total. The summed E-state index contributed by atoms with van der Waals surface area (Å²) in [6, 6.07) is 0. The van der Waals surface area contributed by atoms with Crippen LogP contribution in [0.3, 0.4) is 0 Å². The van der Waals surface area contributed by atoms with E-state index < -0.39 is 0 Å². The van der Waals surface area contributed by atoms with E-state index in [0.29, 0.717) is 0 Å². The maximum atomic E-state index is 0. The van der Waals surface area contributed by atoms with Gasteiger partial charge in [-0.3, -0.25) is 0 Å². The van der Waals surface area contributed by atoms with Crippen molar-refractivity contribution in [2.24, 2.45) is 0 Å². The third-order valence-electron chi connectivity index (χ3n) is 0. The Morgan fingerprint density at radius 3 is 0.500 bits per heavy atom. The summed E-state index contributed by atoms with van der Waals surface area (Å²) in [6.45, 7) is 0. The average molecular weight is 317 g/mol. The van der Waals surface area contributed by atoms with Gasteiger partial charge in [-0.15, -0.1) is 0 Å². The van der Waals surface area contributed by atoms with Crippen molar-refractivity contribution in [3.05, 3.63) is 0 Å². The fraction of sp³-hybridized carbons (Fsp3) is 0. The van der Waals surface area contributed by atoms with Crippen molar-refractivity contribution in [2.75, 3.05) is 0 Å². The van der Waals surface area contributed by atoms with E-state index in [1.807, 2.05) is 0 Å². The molecule has 0 saturated heterocycles. The summed E-state index contributed by atoms with van der Waals surface area (Å²) in [4.78, 5) is 0. The van der Waals surface area contributed by atoms with Gasteiger partial charge in [0.1, 0.15) is 0 Å². The zero-order valence-electron chi connectivity index (χ0n) is 2.42. The van der Waals surface area contributed by atoms with Gasteiger partial charge in [0.05, 0.1) is 0 Å². The van der Waals surface area contributed by atoms with E-state index in [4.69, 9.17) is 0 Å². The molecule has 0 fully saturated rings. The van der Waals surface area contributed by atoms with E-state index in [-0.39, 0.29) is 136 Å². The molecule has 4 heavy (non-hydrogen) atoms. The molecule has 0 aliphatic carbocycles. The maximum absolute atomic E-state index is 0. The number of rotatable bonds is 0. The SMILES string of the molecule is [Au].[Ca].[Ca].[Ca]. The third kappa shape index (κ3) is 9.72. The summed E-state index contributed by atoms with van der Waals surface area (Å²) in [5, 5.41) is 0. The molecular formula is AuCa3. The molecule has 17 valence electrons. The molecule has 0 heterocycles. The van der Waals surface area contributed by atoms with Gasteiger partial charge in [0.15, 0.2) is 0 Å². The summed E-state index contributed by atoms with van der Waals surface area (Å²) in [5.74, 6) is 0. The van der Waals surface area contributed by atoms with Crippen LogP contribution < -0.4 is 0 Å². The second-order valence-corrected chi connectivity index (χ2v) is 0. The van der Waals surface area contributed by atoms with Crippen LogP contribution in [0.5, 0.6) is 0 Å². The molecule has 0 aromatic rings. The van der Waals surface area contributed by atoms with Crippen molar-refractivity contribution in [2.45, 2.75) is 0 Å². The fourth-order valence-corrected chi connectivity index (χ4v) is 0. The molecule has 0 rings (SSSR count). The second kappa shape index (κ2) is 15.6. The first-order valence-electron chi connectivity index (χ1n) is 0. The van der Waals surface area contributed by atoms with Crippen LogP contribution in [0, 0.1) is 0 Å². The minimum Gasteiger partial charge on any atom is 0 e. The van der Waals surface area contributed by atoms with Gasteiger partial charge in [-0.25, -0.2) is 0 Å². The first-order valence-corrected chi connectivity index (χ1v) is 0. The third-order valence-corrected chi connectivity index (χ3v) is 0. The molecule has 0 spiro atoms. The predicted molar refractivity (Wildman–Crippen MR) is 17.3 cm³/mol. The molecular weight excluding hydrogens is 317 g/mol. The first-order chi connectivity index (χ1) is 0. The van der Waals surface area contributed by atoms with Crippen molar-refractivity contribution in [3.8, 4) is 0 Å². The normalized spacial score (nSPS) is 0. The van der Waals surface area contributed by atoms with Crippen LogP contribution in [-0.4, -0.2) is 113 Å². The molecule has 0 atom stereocenters. The van der Waals surface area contributed by atoms with Crippen molar-refractivity contribution in [3.63, 3.8) is 0 Å².